The smallest absolute Gasteiger partial charge is 0.303 e. The molecule has 1 fully saturated rings. The van der Waals surface area contributed by atoms with Crippen molar-refractivity contribution in [3.05, 3.63) is 0 Å². The van der Waals surface area contributed by atoms with Crippen LogP contribution in [0.25, 0.3) is 0 Å². The minimum Gasteiger partial charge on any atom is -0.481 e. The van der Waals surface area contributed by atoms with Crippen LogP contribution in [-0.4, -0.2) is 36.6 Å². The molecule has 1 aliphatic rings. The van der Waals surface area contributed by atoms with Gasteiger partial charge in [-0.15, -0.1) is 0 Å². The van der Waals surface area contributed by atoms with Gasteiger partial charge in [0.25, 0.3) is 0 Å². The van der Waals surface area contributed by atoms with E-state index in [1.165, 1.54) is 0 Å². The van der Waals surface area contributed by atoms with Crippen LogP contribution < -0.4 is 10.6 Å². The maximum Gasteiger partial charge on any atom is 0.303 e. The van der Waals surface area contributed by atoms with E-state index >= 15 is 0 Å². The van der Waals surface area contributed by atoms with Crippen LogP contribution in [0.5, 0.6) is 0 Å². The molecule has 3 N–H and O–H groups in total. The van der Waals surface area contributed by atoms with Crippen LogP contribution in [0, 0.1) is 11.8 Å². The second-order valence-electron chi connectivity index (χ2n) is 4.57. The van der Waals surface area contributed by atoms with Gasteiger partial charge in [-0.05, 0) is 31.3 Å². The summed E-state index contributed by atoms with van der Waals surface area (Å²) in [5.74, 6) is 0.00119. The molecule has 0 bridgehead atoms. The second-order valence-corrected chi connectivity index (χ2v) is 4.57. The van der Waals surface area contributed by atoms with Crippen molar-refractivity contribution in [1.29, 1.82) is 0 Å². The highest BCUT2D eigenvalue weighted by atomic mass is 16.4. The van der Waals surface area contributed by atoms with Crippen LogP contribution in [0.4, 0.5) is 0 Å². The highest BCUT2D eigenvalue weighted by Gasteiger charge is 2.20. The van der Waals surface area contributed by atoms with E-state index in [0.29, 0.717) is 25.3 Å². The van der Waals surface area contributed by atoms with Crippen LogP contribution in [-0.2, 0) is 9.59 Å². The van der Waals surface area contributed by atoms with Gasteiger partial charge in [-0.2, -0.15) is 0 Å². The molecule has 0 aromatic rings. The Morgan fingerprint density at radius 2 is 2.19 bits per heavy atom. The number of carboxylic acids is 1. The van der Waals surface area contributed by atoms with Crippen molar-refractivity contribution in [3.63, 3.8) is 0 Å². The zero-order valence-corrected chi connectivity index (χ0v) is 9.66. The summed E-state index contributed by atoms with van der Waals surface area (Å²) in [5.41, 5.74) is 0. The Kier molecular flexibility index (Phi) is 5.25. The van der Waals surface area contributed by atoms with Gasteiger partial charge in [0.2, 0.25) is 5.91 Å². The standard InChI is InChI=1S/C11H20N2O3/c1-8(2-3-11(15)16)5-13-10(14)4-9-6-12-7-9/h8-9,12H,2-7H2,1H3,(H,13,14)(H,15,16). The first kappa shape index (κ1) is 13.0. The molecule has 1 amide bonds. The van der Waals surface area contributed by atoms with Crippen LogP contribution in [0.1, 0.15) is 26.2 Å². The minimum absolute atomic E-state index is 0.0775. The van der Waals surface area contributed by atoms with Crippen molar-refractivity contribution >= 4 is 11.9 Å². The number of rotatable bonds is 7. The molecule has 0 spiro atoms. The van der Waals surface area contributed by atoms with Gasteiger partial charge in [0, 0.05) is 19.4 Å². The first-order valence-corrected chi connectivity index (χ1v) is 5.77. The topological polar surface area (TPSA) is 78.4 Å². The number of hydrogen-bond acceptors (Lipinski definition) is 3. The van der Waals surface area contributed by atoms with E-state index in [9.17, 15) is 9.59 Å². The number of hydrogen-bond donors (Lipinski definition) is 3. The monoisotopic (exact) mass is 228 g/mol. The summed E-state index contributed by atoms with van der Waals surface area (Å²) >= 11 is 0. The van der Waals surface area contributed by atoms with E-state index in [1.54, 1.807) is 0 Å². The first-order chi connectivity index (χ1) is 7.58. The summed E-state index contributed by atoms with van der Waals surface area (Å²) in [6, 6.07) is 0. The van der Waals surface area contributed by atoms with Crippen molar-refractivity contribution in [3.8, 4) is 0 Å². The molecule has 0 saturated carbocycles. The Balaban J connectivity index is 2.03. The summed E-state index contributed by atoms with van der Waals surface area (Å²) in [6.45, 7) is 4.39. The average molecular weight is 228 g/mol. The number of aliphatic carboxylic acids is 1. The molecule has 1 rings (SSSR count). The molecule has 92 valence electrons. The number of carbonyl (C=O) groups excluding carboxylic acids is 1. The normalized spacial score (nSPS) is 17.6. The molecule has 1 aliphatic heterocycles. The summed E-state index contributed by atoms with van der Waals surface area (Å²) < 4.78 is 0. The average Bonchev–Trinajstić information content (AvgIpc) is 2.17. The minimum atomic E-state index is -0.779. The van der Waals surface area contributed by atoms with E-state index in [0.717, 1.165) is 13.1 Å². The van der Waals surface area contributed by atoms with E-state index in [1.807, 2.05) is 6.92 Å². The van der Waals surface area contributed by atoms with Gasteiger partial charge in [-0.25, -0.2) is 0 Å². The van der Waals surface area contributed by atoms with Gasteiger partial charge in [0.15, 0.2) is 0 Å². The molecule has 0 aromatic carbocycles. The van der Waals surface area contributed by atoms with E-state index in [2.05, 4.69) is 10.6 Å². The molecule has 1 saturated heterocycles. The molecule has 16 heavy (non-hydrogen) atoms. The van der Waals surface area contributed by atoms with Gasteiger partial charge in [-0.3, -0.25) is 9.59 Å². The first-order valence-electron chi connectivity index (χ1n) is 5.77. The molecule has 1 unspecified atom stereocenters. The van der Waals surface area contributed by atoms with E-state index < -0.39 is 5.97 Å². The van der Waals surface area contributed by atoms with Crippen molar-refractivity contribution < 1.29 is 14.7 Å². The van der Waals surface area contributed by atoms with Gasteiger partial charge >= 0.3 is 5.97 Å². The lowest BCUT2D eigenvalue weighted by molar-refractivity contribution is -0.137. The maximum absolute atomic E-state index is 11.4. The Hall–Kier alpha value is -1.10. The SMILES string of the molecule is CC(CCC(=O)O)CNC(=O)CC1CNC1. The molecule has 5 heteroatoms. The molecule has 0 aromatic heterocycles. The fourth-order valence-corrected chi connectivity index (χ4v) is 1.59. The second kappa shape index (κ2) is 6.48. The third kappa shape index (κ3) is 5.11. The predicted octanol–water partition coefficient (Wildman–Crippen LogP) is 0.213. The van der Waals surface area contributed by atoms with E-state index in [-0.39, 0.29) is 18.2 Å². The Morgan fingerprint density at radius 3 is 2.69 bits per heavy atom. The van der Waals surface area contributed by atoms with Crippen LogP contribution in [0.2, 0.25) is 0 Å². The number of carbonyl (C=O) groups is 2. The van der Waals surface area contributed by atoms with Crippen LogP contribution >= 0.6 is 0 Å². The van der Waals surface area contributed by atoms with Gasteiger partial charge in [0.05, 0.1) is 0 Å². The fourth-order valence-electron chi connectivity index (χ4n) is 1.59. The number of carboxylic acid groups (broad SMARTS) is 1. The largest absolute Gasteiger partial charge is 0.481 e. The van der Waals surface area contributed by atoms with Gasteiger partial charge in [0.1, 0.15) is 0 Å². The summed E-state index contributed by atoms with van der Waals surface area (Å²) in [7, 11) is 0. The summed E-state index contributed by atoms with van der Waals surface area (Å²) in [4.78, 5) is 21.8. The molecule has 1 heterocycles. The molecule has 1 atom stereocenters. The van der Waals surface area contributed by atoms with Gasteiger partial charge < -0.3 is 15.7 Å². The Labute approximate surface area is 95.6 Å². The van der Waals surface area contributed by atoms with Crippen molar-refractivity contribution in [2.75, 3.05) is 19.6 Å². The fraction of sp³-hybridized carbons (Fsp3) is 0.818. The molecule has 5 nitrogen and oxygen atoms in total. The lowest BCUT2D eigenvalue weighted by atomic mass is 9.99. The third-order valence-corrected chi connectivity index (χ3v) is 2.84. The van der Waals surface area contributed by atoms with Crippen LogP contribution in [0.15, 0.2) is 0 Å². The number of amides is 1. The van der Waals surface area contributed by atoms with Crippen LogP contribution in [0.3, 0.4) is 0 Å². The predicted molar refractivity (Wildman–Crippen MR) is 60.0 cm³/mol. The Bertz CT molecular complexity index is 252. The summed E-state index contributed by atoms with van der Waals surface area (Å²) in [5, 5.41) is 14.5. The Morgan fingerprint density at radius 1 is 1.50 bits per heavy atom. The molecule has 0 radical (unpaired) electrons. The lowest BCUT2D eigenvalue weighted by Gasteiger charge is -2.26. The molecule has 0 aliphatic carbocycles. The van der Waals surface area contributed by atoms with Crippen molar-refractivity contribution in [2.24, 2.45) is 11.8 Å². The third-order valence-electron chi connectivity index (χ3n) is 2.84. The highest BCUT2D eigenvalue weighted by molar-refractivity contribution is 5.76. The zero-order chi connectivity index (χ0) is 12.0. The maximum atomic E-state index is 11.4. The molecular formula is C11H20N2O3. The highest BCUT2D eigenvalue weighted by Crippen LogP contribution is 2.08. The molecular weight excluding hydrogens is 208 g/mol. The van der Waals surface area contributed by atoms with Gasteiger partial charge in [-0.1, -0.05) is 6.92 Å². The van der Waals surface area contributed by atoms with E-state index in [4.69, 9.17) is 5.11 Å². The van der Waals surface area contributed by atoms with Crippen molar-refractivity contribution in [1.82, 2.24) is 10.6 Å². The zero-order valence-electron chi connectivity index (χ0n) is 9.66. The lowest BCUT2D eigenvalue weighted by Crippen LogP contribution is -2.44. The number of nitrogens with one attached hydrogen (secondary N) is 2. The van der Waals surface area contributed by atoms with Crippen molar-refractivity contribution in [2.45, 2.75) is 26.2 Å². The summed E-state index contributed by atoms with van der Waals surface area (Å²) in [6.07, 6.45) is 1.36. The quantitative estimate of drug-likeness (QED) is 0.582.